The fourth-order valence-corrected chi connectivity index (χ4v) is 3.98. The largest absolute Gasteiger partial charge is 0.330 e. The minimum atomic E-state index is -3.93. The highest BCUT2D eigenvalue weighted by Crippen LogP contribution is 2.25. The molecule has 20 heavy (non-hydrogen) atoms. The molecular weight excluding hydrogens is 286 g/mol. The Morgan fingerprint density at radius 3 is 2.35 bits per heavy atom. The molecule has 0 amide bonds. The van der Waals surface area contributed by atoms with Crippen molar-refractivity contribution in [2.24, 2.45) is 11.7 Å². The molecular formula is C13H18F2N2O2S. The number of rotatable bonds is 4. The van der Waals surface area contributed by atoms with Crippen molar-refractivity contribution in [1.82, 2.24) is 4.72 Å². The van der Waals surface area contributed by atoms with E-state index in [-0.39, 0.29) is 12.0 Å². The van der Waals surface area contributed by atoms with E-state index in [1.54, 1.807) is 0 Å². The highest BCUT2D eigenvalue weighted by Gasteiger charge is 2.29. The van der Waals surface area contributed by atoms with Crippen LogP contribution >= 0.6 is 0 Å². The van der Waals surface area contributed by atoms with E-state index in [1.165, 1.54) is 0 Å². The van der Waals surface area contributed by atoms with Crippen LogP contribution in [-0.2, 0) is 10.0 Å². The van der Waals surface area contributed by atoms with Crippen LogP contribution in [0, 0.1) is 17.6 Å². The molecule has 1 aliphatic carbocycles. The molecule has 3 N–H and O–H groups in total. The first-order chi connectivity index (χ1) is 9.42. The first kappa shape index (κ1) is 15.3. The van der Waals surface area contributed by atoms with Gasteiger partial charge in [0.15, 0.2) is 0 Å². The molecule has 0 bridgehead atoms. The second kappa shape index (κ2) is 6.15. The lowest BCUT2D eigenvalue weighted by Gasteiger charge is -2.31. The van der Waals surface area contributed by atoms with E-state index >= 15 is 0 Å². The van der Waals surface area contributed by atoms with E-state index in [0.29, 0.717) is 19.0 Å². The lowest BCUT2D eigenvalue weighted by Crippen LogP contribution is -2.44. The van der Waals surface area contributed by atoms with Crippen LogP contribution in [-0.4, -0.2) is 21.0 Å². The summed E-state index contributed by atoms with van der Waals surface area (Å²) in [6.07, 6.45) is 3.50. The summed E-state index contributed by atoms with van der Waals surface area (Å²) in [5.41, 5.74) is 5.64. The number of halogens is 2. The zero-order chi connectivity index (χ0) is 14.8. The maximum atomic E-state index is 13.1. The normalized spacial score (nSPS) is 23.8. The van der Waals surface area contributed by atoms with E-state index in [2.05, 4.69) is 4.72 Å². The molecule has 0 aliphatic heterocycles. The number of benzene rings is 1. The quantitative estimate of drug-likeness (QED) is 0.890. The number of sulfonamides is 1. The predicted octanol–water partition coefficient (Wildman–Crippen LogP) is 1.76. The molecule has 1 aromatic carbocycles. The van der Waals surface area contributed by atoms with Crippen molar-refractivity contribution in [3.63, 3.8) is 0 Å². The van der Waals surface area contributed by atoms with Gasteiger partial charge in [0.05, 0.1) is 4.90 Å². The van der Waals surface area contributed by atoms with E-state index in [9.17, 15) is 17.2 Å². The molecule has 0 heterocycles. The van der Waals surface area contributed by atoms with Crippen LogP contribution < -0.4 is 10.5 Å². The van der Waals surface area contributed by atoms with E-state index in [1.807, 2.05) is 0 Å². The number of hydrogen-bond donors (Lipinski definition) is 2. The van der Waals surface area contributed by atoms with Gasteiger partial charge in [-0.25, -0.2) is 21.9 Å². The zero-order valence-corrected chi connectivity index (χ0v) is 11.8. The Morgan fingerprint density at radius 2 is 1.75 bits per heavy atom. The van der Waals surface area contributed by atoms with E-state index in [4.69, 9.17) is 5.73 Å². The van der Waals surface area contributed by atoms with Crippen LogP contribution in [0.15, 0.2) is 23.1 Å². The zero-order valence-electron chi connectivity index (χ0n) is 11.0. The average molecular weight is 304 g/mol. The van der Waals surface area contributed by atoms with Crippen molar-refractivity contribution in [1.29, 1.82) is 0 Å². The summed E-state index contributed by atoms with van der Waals surface area (Å²) in [7, 11) is -3.93. The second-order valence-corrected chi connectivity index (χ2v) is 6.83. The first-order valence-corrected chi connectivity index (χ1v) is 8.09. The Hall–Kier alpha value is -1.05. The standard InChI is InChI=1S/C13H18F2N2O2S/c14-10-5-11(15)7-12(6-10)20(18,19)17-13-4-2-1-3-9(13)8-16/h5-7,9,13,17H,1-4,8,16H2. The molecule has 7 heteroatoms. The van der Waals surface area contributed by atoms with Crippen LogP contribution in [0.1, 0.15) is 25.7 Å². The van der Waals surface area contributed by atoms with Gasteiger partial charge in [0.1, 0.15) is 11.6 Å². The Morgan fingerprint density at radius 1 is 1.15 bits per heavy atom. The molecule has 0 radical (unpaired) electrons. The second-order valence-electron chi connectivity index (χ2n) is 5.11. The van der Waals surface area contributed by atoms with Crippen molar-refractivity contribution in [2.75, 3.05) is 6.54 Å². The molecule has 4 nitrogen and oxygen atoms in total. The van der Waals surface area contributed by atoms with Crippen molar-refractivity contribution < 1.29 is 17.2 Å². The molecule has 1 saturated carbocycles. The van der Waals surface area contributed by atoms with Gasteiger partial charge in [0, 0.05) is 12.1 Å². The first-order valence-electron chi connectivity index (χ1n) is 6.61. The third kappa shape index (κ3) is 3.53. The fourth-order valence-electron chi connectivity index (χ4n) is 2.60. The van der Waals surface area contributed by atoms with E-state index < -0.39 is 26.6 Å². The fraction of sp³-hybridized carbons (Fsp3) is 0.538. The van der Waals surface area contributed by atoms with Crippen LogP contribution in [0.4, 0.5) is 8.78 Å². The topological polar surface area (TPSA) is 72.2 Å². The lowest BCUT2D eigenvalue weighted by molar-refractivity contribution is 0.296. The molecule has 2 rings (SSSR count). The van der Waals surface area contributed by atoms with Gasteiger partial charge in [0.2, 0.25) is 10.0 Å². The highest BCUT2D eigenvalue weighted by atomic mass is 32.2. The third-order valence-electron chi connectivity index (χ3n) is 3.66. The van der Waals surface area contributed by atoms with Gasteiger partial charge in [-0.05, 0) is 37.4 Å². The maximum Gasteiger partial charge on any atom is 0.241 e. The maximum absolute atomic E-state index is 13.1. The minimum Gasteiger partial charge on any atom is -0.330 e. The Balaban J connectivity index is 2.21. The Kier molecular flexibility index (Phi) is 4.72. The van der Waals surface area contributed by atoms with Gasteiger partial charge in [-0.3, -0.25) is 0 Å². The van der Waals surface area contributed by atoms with Crippen molar-refractivity contribution >= 4 is 10.0 Å². The molecule has 0 aromatic heterocycles. The summed E-state index contributed by atoms with van der Waals surface area (Å²) >= 11 is 0. The molecule has 1 fully saturated rings. The number of hydrogen-bond acceptors (Lipinski definition) is 3. The Labute approximate surface area is 117 Å². The molecule has 2 unspecified atom stereocenters. The molecule has 0 saturated heterocycles. The Bertz CT molecular complexity index is 557. The van der Waals surface area contributed by atoms with Gasteiger partial charge in [-0.2, -0.15) is 0 Å². The van der Waals surface area contributed by atoms with Gasteiger partial charge in [-0.1, -0.05) is 12.8 Å². The van der Waals surface area contributed by atoms with Crippen molar-refractivity contribution in [3.05, 3.63) is 29.8 Å². The van der Waals surface area contributed by atoms with Crippen molar-refractivity contribution in [2.45, 2.75) is 36.6 Å². The predicted molar refractivity (Wildman–Crippen MR) is 71.5 cm³/mol. The van der Waals surface area contributed by atoms with Crippen LogP contribution in [0.3, 0.4) is 0 Å². The molecule has 2 atom stereocenters. The lowest BCUT2D eigenvalue weighted by atomic mass is 9.85. The third-order valence-corrected chi connectivity index (χ3v) is 5.13. The average Bonchev–Trinajstić information content (AvgIpc) is 2.38. The number of nitrogens with two attached hydrogens (primary N) is 1. The molecule has 1 aliphatic rings. The SMILES string of the molecule is NCC1CCCCC1NS(=O)(=O)c1cc(F)cc(F)c1. The van der Waals surface area contributed by atoms with Gasteiger partial charge in [-0.15, -0.1) is 0 Å². The van der Waals surface area contributed by atoms with Crippen LogP contribution in [0.2, 0.25) is 0 Å². The summed E-state index contributed by atoms with van der Waals surface area (Å²) in [6, 6.07) is 1.99. The van der Waals surface area contributed by atoms with Gasteiger partial charge >= 0.3 is 0 Å². The number of nitrogens with one attached hydrogen (secondary N) is 1. The van der Waals surface area contributed by atoms with Crippen molar-refractivity contribution in [3.8, 4) is 0 Å². The summed E-state index contributed by atoms with van der Waals surface area (Å²) in [5.74, 6) is -1.76. The summed E-state index contributed by atoms with van der Waals surface area (Å²) < 4.78 is 53.1. The highest BCUT2D eigenvalue weighted by molar-refractivity contribution is 7.89. The smallest absolute Gasteiger partial charge is 0.241 e. The van der Waals surface area contributed by atoms with Gasteiger partial charge < -0.3 is 5.73 Å². The van der Waals surface area contributed by atoms with Crippen LogP contribution in [0.25, 0.3) is 0 Å². The molecule has 112 valence electrons. The monoisotopic (exact) mass is 304 g/mol. The molecule has 1 aromatic rings. The summed E-state index contributed by atoms with van der Waals surface area (Å²) in [6.45, 7) is 0.394. The van der Waals surface area contributed by atoms with E-state index in [0.717, 1.165) is 31.4 Å². The van der Waals surface area contributed by atoms with Gasteiger partial charge in [0.25, 0.3) is 0 Å². The summed E-state index contributed by atoms with van der Waals surface area (Å²) in [4.78, 5) is -0.392. The van der Waals surface area contributed by atoms with Crippen LogP contribution in [0.5, 0.6) is 0 Å². The molecule has 0 spiro atoms. The summed E-state index contributed by atoms with van der Waals surface area (Å²) in [5, 5.41) is 0. The minimum absolute atomic E-state index is 0.0666.